The molecule has 0 saturated carbocycles. The van der Waals surface area contributed by atoms with E-state index < -0.39 is 10.0 Å². The molecule has 2 N–H and O–H groups in total. The number of nitrogens with zero attached hydrogens (tertiary/aromatic N) is 3. The van der Waals surface area contributed by atoms with Crippen LogP contribution in [-0.2, 0) is 16.6 Å². The molecule has 2 rings (SSSR count). The average Bonchev–Trinajstić information content (AvgIpc) is 2.71. The highest BCUT2D eigenvalue weighted by Crippen LogP contribution is 2.27. The van der Waals surface area contributed by atoms with E-state index in [2.05, 4.69) is 12.0 Å². The highest BCUT2D eigenvalue weighted by molar-refractivity contribution is 7.89. The normalized spacial score (nSPS) is 20.9. The fraction of sp³-hybridized carbons (Fsp3) is 0.786. The maximum absolute atomic E-state index is 12.9. The molecule has 1 aromatic rings. The van der Waals surface area contributed by atoms with Crippen LogP contribution in [0.1, 0.15) is 37.6 Å². The molecular weight excluding hydrogens is 288 g/mol. The van der Waals surface area contributed by atoms with Gasteiger partial charge in [0.25, 0.3) is 0 Å². The van der Waals surface area contributed by atoms with Crippen LogP contribution in [0.3, 0.4) is 0 Å². The van der Waals surface area contributed by atoms with Crippen molar-refractivity contribution in [3.8, 4) is 0 Å². The molecule has 0 amide bonds. The number of aromatic nitrogens is 2. The Kier molecular flexibility index (Phi) is 5.06. The van der Waals surface area contributed by atoms with Crippen LogP contribution < -0.4 is 5.73 Å². The van der Waals surface area contributed by atoms with Gasteiger partial charge in [0.05, 0.1) is 11.4 Å². The number of hydrogen-bond donors (Lipinski definition) is 1. The summed E-state index contributed by atoms with van der Waals surface area (Å²) in [5.74, 6) is 0.418. The van der Waals surface area contributed by atoms with Crippen molar-refractivity contribution >= 4 is 10.0 Å². The van der Waals surface area contributed by atoms with Crippen molar-refractivity contribution in [1.29, 1.82) is 0 Å². The zero-order valence-electron chi connectivity index (χ0n) is 13.2. The summed E-state index contributed by atoms with van der Waals surface area (Å²) in [7, 11) is -3.44. The lowest BCUT2D eigenvalue weighted by Crippen LogP contribution is -2.39. The van der Waals surface area contributed by atoms with Crippen molar-refractivity contribution in [2.24, 2.45) is 11.7 Å². The van der Waals surface area contributed by atoms with Gasteiger partial charge in [0, 0.05) is 19.6 Å². The second-order valence-electron chi connectivity index (χ2n) is 5.98. The lowest BCUT2D eigenvalue weighted by molar-refractivity contribution is 0.281. The Morgan fingerprint density at radius 2 is 2.10 bits per heavy atom. The molecule has 1 fully saturated rings. The highest BCUT2D eigenvalue weighted by atomic mass is 32.2. The fourth-order valence-electron chi connectivity index (χ4n) is 3.01. The predicted molar refractivity (Wildman–Crippen MR) is 82.5 cm³/mol. The van der Waals surface area contributed by atoms with Gasteiger partial charge in [-0.15, -0.1) is 0 Å². The largest absolute Gasteiger partial charge is 0.330 e. The number of aryl methyl sites for hydroxylation is 2. The second kappa shape index (κ2) is 6.46. The molecule has 120 valence electrons. The molecule has 1 aliphatic rings. The Morgan fingerprint density at radius 3 is 2.71 bits per heavy atom. The van der Waals surface area contributed by atoms with Crippen molar-refractivity contribution in [2.45, 2.75) is 51.5 Å². The van der Waals surface area contributed by atoms with Gasteiger partial charge in [0.2, 0.25) is 10.0 Å². The summed E-state index contributed by atoms with van der Waals surface area (Å²) >= 11 is 0. The van der Waals surface area contributed by atoms with Crippen LogP contribution in [-0.4, -0.2) is 42.1 Å². The summed E-state index contributed by atoms with van der Waals surface area (Å²) in [5, 5.41) is 4.38. The van der Waals surface area contributed by atoms with E-state index in [0.29, 0.717) is 42.7 Å². The molecule has 0 spiro atoms. The van der Waals surface area contributed by atoms with Gasteiger partial charge in [-0.3, -0.25) is 4.68 Å². The molecule has 1 aromatic heterocycles. The van der Waals surface area contributed by atoms with Crippen LogP contribution in [0.15, 0.2) is 4.90 Å². The van der Waals surface area contributed by atoms with E-state index >= 15 is 0 Å². The van der Waals surface area contributed by atoms with Gasteiger partial charge in [-0.2, -0.15) is 9.40 Å². The lowest BCUT2D eigenvalue weighted by Gasteiger charge is -2.30. The molecule has 0 aromatic carbocycles. The third-order valence-corrected chi connectivity index (χ3v) is 6.22. The minimum Gasteiger partial charge on any atom is -0.330 e. The molecule has 2 heterocycles. The van der Waals surface area contributed by atoms with Gasteiger partial charge >= 0.3 is 0 Å². The van der Waals surface area contributed by atoms with Crippen molar-refractivity contribution in [3.05, 3.63) is 11.4 Å². The minimum absolute atomic E-state index is 0.383. The van der Waals surface area contributed by atoms with E-state index in [1.165, 1.54) is 0 Å². The summed E-state index contributed by atoms with van der Waals surface area (Å²) in [6.07, 6.45) is 2.82. The third kappa shape index (κ3) is 3.30. The standard InChI is InChI=1S/C14H26N4O2S/c1-11-6-4-8-17(10-11)21(19,20)14-12(2)16-18(13(14)3)9-5-7-15/h11H,4-10,15H2,1-3H3. The maximum Gasteiger partial charge on any atom is 0.246 e. The molecule has 1 saturated heterocycles. The predicted octanol–water partition coefficient (Wildman–Crippen LogP) is 1.27. The van der Waals surface area contributed by atoms with Crippen LogP contribution in [0.4, 0.5) is 0 Å². The van der Waals surface area contributed by atoms with Gasteiger partial charge in [0.1, 0.15) is 4.90 Å². The average molecular weight is 314 g/mol. The van der Waals surface area contributed by atoms with Crippen LogP contribution in [0.5, 0.6) is 0 Å². The van der Waals surface area contributed by atoms with E-state index in [-0.39, 0.29) is 0 Å². The first kappa shape index (κ1) is 16.5. The lowest BCUT2D eigenvalue weighted by atomic mass is 10.0. The summed E-state index contributed by atoms with van der Waals surface area (Å²) in [5.41, 5.74) is 6.83. The fourth-order valence-corrected chi connectivity index (χ4v) is 4.98. The summed E-state index contributed by atoms with van der Waals surface area (Å²) < 4.78 is 29.2. The van der Waals surface area contributed by atoms with Gasteiger partial charge in [0.15, 0.2) is 0 Å². The van der Waals surface area contributed by atoms with Crippen LogP contribution in [0.25, 0.3) is 0 Å². The number of piperidine rings is 1. The third-order valence-electron chi connectivity index (χ3n) is 4.11. The smallest absolute Gasteiger partial charge is 0.246 e. The molecule has 1 unspecified atom stereocenters. The zero-order chi connectivity index (χ0) is 15.6. The SMILES string of the molecule is Cc1nn(CCCN)c(C)c1S(=O)(=O)N1CCCC(C)C1. The van der Waals surface area contributed by atoms with E-state index in [4.69, 9.17) is 5.73 Å². The molecule has 6 nitrogen and oxygen atoms in total. The van der Waals surface area contributed by atoms with Crippen molar-refractivity contribution in [2.75, 3.05) is 19.6 Å². The summed E-state index contributed by atoms with van der Waals surface area (Å²) in [6.45, 7) is 8.16. The van der Waals surface area contributed by atoms with Crippen LogP contribution in [0.2, 0.25) is 0 Å². The Labute approximate surface area is 127 Å². The zero-order valence-corrected chi connectivity index (χ0v) is 14.0. The first-order valence-electron chi connectivity index (χ1n) is 7.62. The topological polar surface area (TPSA) is 81.2 Å². The molecule has 1 atom stereocenters. The quantitative estimate of drug-likeness (QED) is 0.887. The molecule has 0 bridgehead atoms. The molecule has 21 heavy (non-hydrogen) atoms. The molecule has 0 aliphatic carbocycles. The Hall–Kier alpha value is -0.920. The van der Waals surface area contributed by atoms with E-state index in [1.807, 2.05) is 6.92 Å². The van der Waals surface area contributed by atoms with Crippen LogP contribution >= 0.6 is 0 Å². The van der Waals surface area contributed by atoms with Crippen molar-refractivity contribution < 1.29 is 8.42 Å². The molecular formula is C14H26N4O2S. The van der Waals surface area contributed by atoms with E-state index in [0.717, 1.165) is 25.0 Å². The van der Waals surface area contributed by atoms with Gasteiger partial charge < -0.3 is 5.73 Å². The molecule has 1 aliphatic heterocycles. The summed E-state index contributed by atoms with van der Waals surface area (Å²) in [6, 6.07) is 0. The van der Waals surface area contributed by atoms with E-state index in [9.17, 15) is 8.42 Å². The number of hydrogen-bond acceptors (Lipinski definition) is 4. The number of rotatable bonds is 5. The first-order valence-corrected chi connectivity index (χ1v) is 9.06. The number of nitrogens with two attached hydrogens (primary N) is 1. The Balaban J connectivity index is 2.33. The van der Waals surface area contributed by atoms with Crippen molar-refractivity contribution in [1.82, 2.24) is 14.1 Å². The molecule has 7 heteroatoms. The monoisotopic (exact) mass is 314 g/mol. The Bertz CT molecular complexity index is 594. The Morgan fingerprint density at radius 1 is 1.38 bits per heavy atom. The highest BCUT2D eigenvalue weighted by Gasteiger charge is 2.33. The van der Waals surface area contributed by atoms with Crippen molar-refractivity contribution in [3.63, 3.8) is 0 Å². The first-order chi connectivity index (χ1) is 9.87. The molecule has 0 radical (unpaired) electrons. The maximum atomic E-state index is 12.9. The van der Waals surface area contributed by atoms with Crippen LogP contribution in [0, 0.1) is 19.8 Å². The second-order valence-corrected chi connectivity index (χ2v) is 7.85. The van der Waals surface area contributed by atoms with Gasteiger partial charge in [-0.25, -0.2) is 8.42 Å². The van der Waals surface area contributed by atoms with Gasteiger partial charge in [-0.1, -0.05) is 6.92 Å². The van der Waals surface area contributed by atoms with E-state index in [1.54, 1.807) is 15.9 Å². The summed E-state index contributed by atoms with van der Waals surface area (Å²) in [4.78, 5) is 0.383. The minimum atomic E-state index is -3.44. The van der Waals surface area contributed by atoms with Gasteiger partial charge in [-0.05, 0) is 45.6 Å². The number of sulfonamides is 1.